The Hall–Kier alpha value is -1.15. The van der Waals surface area contributed by atoms with Gasteiger partial charge in [-0.05, 0) is 31.2 Å². The maximum Gasteiger partial charge on any atom is 0.166 e. The Morgan fingerprint density at radius 2 is 2.19 bits per heavy atom. The number of fused-ring (bicyclic) bond motifs is 1. The van der Waals surface area contributed by atoms with Gasteiger partial charge >= 0.3 is 0 Å². The van der Waals surface area contributed by atoms with Crippen LogP contribution in [0.25, 0.3) is 0 Å². The van der Waals surface area contributed by atoms with Gasteiger partial charge in [0.1, 0.15) is 0 Å². The molecule has 2 heteroatoms. The number of methoxy groups -OCH3 is 1. The zero-order valence-electron chi connectivity index (χ0n) is 9.74. The highest BCUT2D eigenvalue weighted by Crippen LogP contribution is 2.26. The molecule has 86 valence electrons. The third kappa shape index (κ3) is 2.33. The predicted octanol–water partition coefficient (Wildman–Crippen LogP) is 2.86. The highest BCUT2D eigenvalue weighted by Gasteiger charge is 2.24. The molecule has 0 radical (unpaired) electrons. The molecule has 1 atom stereocenters. The van der Waals surface area contributed by atoms with Gasteiger partial charge in [0.15, 0.2) is 5.78 Å². The number of Topliss-reactive ketones (excluding diaryl/α,β-unsaturated/α-hetero) is 1. The minimum absolute atomic E-state index is 0.156. The van der Waals surface area contributed by atoms with E-state index in [-0.39, 0.29) is 5.92 Å². The predicted molar refractivity (Wildman–Crippen MR) is 63.7 cm³/mol. The van der Waals surface area contributed by atoms with Gasteiger partial charge in [-0.3, -0.25) is 4.79 Å². The zero-order valence-corrected chi connectivity index (χ0v) is 9.74. The first kappa shape index (κ1) is 11.3. The maximum absolute atomic E-state index is 12.3. The van der Waals surface area contributed by atoms with Crippen LogP contribution in [-0.2, 0) is 11.2 Å². The molecular weight excluding hydrogens is 200 g/mol. The standard InChI is InChI=1S/C14H18O2/c1-16-10-9-12-7-4-6-11-5-2-3-8-13(11)14(12)15/h2-3,5,8,12H,4,6-7,9-10H2,1H3. The van der Waals surface area contributed by atoms with Crippen LogP contribution in [0, 0.1) is 5.92 Å². The molecule has 1 aromatic rings. The van der Waals surface area contributed by atoms with Crippen LogP contribution in [0.1, 0.15) is 35.2 Å². The molecule has 0 amide bonds. The van der Waals surface area contributed by atoms with Crippen molar-refractivity contribution in [1.29, 1.82) is 0 Å². The van der Waals surface area contributed by atoms with Gasteiger partial charge in [0.05, 0.1) is 0 Å². The molecule has 0 N–H and O–H groups in total. The van der Waals surface area contributed by atoms with Crippen molar-refractivity contribution in [2.24, 2.45) is 5.92 Å². The minimum atomic E-state index is 0.156. The quantitative estimate of drug-likeness (QED) is 0.729. The molecule has 0 aliphatic heterocycles. The molecule has 1 aliphatic carbocycles. The summed E-state index contributed by atoms with van der Waals surface area (Å²) in [6.45, 7) is 0.679. The summed E-state index contributed by atoms with van der Waals surface area (Å²) >= 11 is 0. The Morgan fingerprint density at radius 1 is 1.38 bits per heavy atom. The van der Waals surface area contributed by atoms with E-state index in [1.54, 1.807) is 7.11 Å². The number of hydrogen-bond acceptors (Lipinski definition) is 2. The van der Waals surface area contributed by atoms with E-state index in [0.717, 1.165) is 31.2 Å². The van der Waals surface area contributed by atoms with E-state index in [4.69, 9.17) is 4.74 Å². The molecule has 0 bridgehead atoms. The monoisotopic (exact) mass is 218 g/mol. The van der Waals surface area contributed by atoms with Crippen molar-refractivity contribution in [3.63, 3.8) is 0 Å². The largest absolute Gasteiger partial charge is 0.385 e. The lowest BCUT2D eigenvalue weighted by Crippen LogP contribution is -2.15. The first-order valence-electron chi connectivity index (χ1n) is 5.94. The second-order valence-electron chi connectivity index (χ2n) is 4.39. The van der Waals surface area contributed by atoms with Gasteiger partial charge in [-0.15, -0.1) is 0 Å². The fraction of sp³-hybridized carbons (Fsp3) is 0.500. The average Bonchev–Trinajstić information content (AvgIpc) is 2.47. The third-order valence-electron chi connectivity index (χ3n) is 3.32. The first-order valence-corrected chi connectivity index (χ1v) is 5.94. The number of hydrogen-bond donors (Lipinski definition) is 0. The molecule has 2 nitrogen and oxygen atoms in total. The van der Waals surface area contributed by atoms with Crippen molar-refractivity contribution in [2.75, 3.05) is 13.7 Å². The Morgan fingerprint density at radius 3 is 3.00 bits per heavy atom. The number of benzene rings is 1. The molecule has 1 aliphatic rings. The van der Waals surface area contributed by atoms with Gasteiger partial charge in [-0.1, -0.05) is 24.3 Å². The molecule has 1 aromatic carbocycles. The maximum atomic E-state index is 12.3. The normalized spacial score (nSPS) is 20.3. The topological polar surface area (TPSA) is 26.3 Å². The Labute approximate surface area is 96.6 Å². The second kappa shape index (κ2) is 5.26. The molecule has 0 saturated heterocycles. The summed E-state index contributed by atoms with van der Waals surface area (Å²) in [7, 11) is 1.69. The molecule has 0 aromatic heterocycles. The van der Waals surface area contributed by atoms with E-state index in [1.165, 1.54) is 5.56 Å². The molecule has 1 unspecified atom stereocenters. The summed E-state index contributed by atoms with van der Waals surface area (Å²) in [6, 6.07) is 8.01. The first-order chi connectivity index (χ1) is 7.83. The smallest absolute Gasteiger partial charge is 0.166 e. The van der Waals surface area contributed by atoms with Crippen molar-refractivity contribution in [1.82, 2.24) is 0 Å². The number of carbonyl (C=O) groups excluding carboxylic acids is 1. The van der Waals surface area contributed by atoms with Crippen LogP contribution >= 0.6 is 0 Å². The lowest BCUT2D eigenvalue weighted by molar-refractivity contribution is 0.0874. The van der Waals surface area contributed by atoms with Crippen molar-refractivity contribution in [3.8, 4) is 0 Å². The summed E-state index contributed by atoms with van der Waals surface area (Å²) in [5.74, 6) is 0.466. The number of carbonyl (C=O) groups is 1. The molecule has 2 rings (SSSR count). The third-order valence-corrected chi connectivity index (χ3v) is 3.32. The highest BCUT2D eigenvalue weighted by molar-refractivity contribution is 5.99. The number of aryl methyl sites for hydroxylation is 1. The van der Waals surface area contributed by atoms with Crippen LogP contribution in [0.5, 0.6) is 0 Å². The second-order valence-corrected chi connectivity index (χ2v) is 4.39. The van der Waals surface area contributed by atoms with Crippen LogP contribution < -0.4 is 0 Å². The molecule has 0 spiro atoms. The molecule has 0 fully saturated rings. The zero-order chi connectivity index (χ0) is 11.4. The number of rotatable bonds is 3. The van der Waals surface area contributed by atoms with Gasteiger partial charge in [-0.2, -0.15) is 0 Å². The molecule has 16 heavy (non-hydrogen) atoms. The fourth-order valence-corrected chi connectivity index (χ4v) is 2.40. The molecular formula is C14H18O2. The molecule has 0 heterocycles. The van der Waals surface area contributed by atoms with Crippen LogP contribution in [0.2, 0.25) is 0 Å². The highest BCUT2D eigenvalue weighted by atomic mass is 16.5. The number of ketones is 1. The SMILES string of the molecule is COCCC1CCCc2ccccc2C1=O. The summed E-state index contributed by atoms with van der Waals surface area (Å²) in [4.78, 5) is 12.3. The van der Waals surface area contributed by atoms with E-state index in [9.17, 15) is 4.79 Å². The van der Waals surface area contributed by atoms with E-state index in [0.29, 0.717) is 12.4 Å². The van der Waals surface area contributed by atoms with E-state index in [1.807, 2.05) is 18.2 Å². The molecule has 0 saturated carbocycles. The minimum Gasteiger partial charge on any atom is -0.385 e. The van der Waals surface area contributed by atoms with E-state index in [2.05, 4.69) is 6.07 Å². The Bertz CT molecular complexity index is 369. The van der Waals surface area contributed by atoms with Crippen LogP contribution in [-0.4, -0.2) is 19.5 Å². The summed E-state index contributed by atoms with van der Waals surface area (Å²) in [6.07, 6.45) is 3.99. The van der Waals surface area contributed by atoms with E-state index >= 15 is 0 Å². The average molecular weight is 218 g/mol. The van der Waals surface area contributed by atoms with Crippen molar-refractivity contribution >= 4 is 5.78 Å². The van der Waals surface area contributed by atoms with Crippen LogP contribution in [0.15, 0.2) is 24.3 Å². The lowest BCUT2D eigenvalue weighted by Gasteiger charge is -2.12. The van der Waals surface area contributed by atoms with Gasteiger partial charge in [0.25, 0.3) is 0 Å². The summed E-state index contributed by atoms with van der Waals surface area (Å²) in [5, 5.41) is 0. The van der Waals surface area contributed by atoms with Crippen LogP contribution in [0.3, 0.4) is 0 Å². The lowest BCUT2D eigenvalue weighted by atomic mass is 9.93. The van der Waals surface area contributed by atoms with Gasteiger partial charge in [0.2, 0.25) is 0 Å². The van der Waals surface area contributed by atoms with Crippen molar-refractivity contribution in [2.45, 2.75) is 25.7 Å². The Balaban J connectivity index is 2.20. The van der Waals surface area contributed by atoms with Crippen molar-refractivity contribution in [3.05, 3.63) is 35.4 Å². The summed E-state index contributed by atoms with van der Waals surface area (Å²) < 4.78 is 5.07. The van der Waals surface area contributed by atoms with Gasteiger partial charge < -0.3 is 4.74 Å². The fourth-order valence-electron chi connectivity index (χ4n) is 2.40. The summed E-state index contributed by atoms with van der Waals surface area (Å²) in [5.41, 5.74) is 2.15. The van der Waals surface area contributed by atoms with Gasteiger partial charge in [-0.25, -0.2) is 0 Å². The van der Waals surface area contributed by atoms with Crippen LogP contribution in [0.4, 0.5) is 0 Å². The van der Waals surface area contributed by atoms with E-state index < -0.39 is 0 Å². The number of ether oxygens (including phenoxy) is 1. The van der Waals surface area contributed by atoms with Gasteiger partial charge in [0, 0.05) is 25.2 Å². The van der Waals surface area contributed by atoms with Crippen molar-refractivity contribution < 1.29 is 9.53 Å². The Kier molecular flexibility index (Phi) is 3.73.